The number of carbonyl (C=O) groups excluding carboxylic acids is 1. The fraction of sp³-hybridized carbons (Fsp3) is 0.333. The van der Waals surface area contributed by atoms with E-state index in [1.165, 1.54) is 0 Å². The molecule has 1 saturated heterocycles. The SMILES string of the molecule is C/C=C1/NC(=O)C(C)N(c2ccccc2)C1=NC(C)Cl. The Morgan fingerprint density at radius 2 is 2.05 bits per heavy atom. The number of hydrogen-bond donors (Lipinski definition) is 1. The van der Waals surface area contributed by atoms with E-state index in [1.54, 1.807) is 6.92 Å². The van der Waals surface area contributed by atoms with E-state index in [4.69, 9.17) is 11.6 Å². The normalized spacial score (nSPS) is 24.9. The van der Waals surface area contributed by atoms with Crippen LogP contribution in [0.5, 0.6) is 0 Å². The number of halogens is 1. The minimum Gasteiger partial charge on any atom is -0.321 e. The van der Waals surface area contributed by atoms with Crippen LogP contribution in [-0.4, -0.2) is 23.3 Å². The Morgan fingerprint density at radius 1 is 1.40 bits per heavy atom. The van der Waals surface area contributed by atoms with E-state index >= 15 is 0 Å². The molecule has 0 bridgehead atoms. The number of aliphatic imine (C=N–C) groups is 1. The van der Waals surface area contributed by atoms with Crippen molar-refractivity contribution in [3.05, 3.63) is 42.1 Å². The summed E-state index contributed by atoms with van der Waals surface area (Å²) in [7, 11) is 0. The molecule has 4 nitrogen and oxygen atoms in total. The maximum absolute atomic E-state index is 12.1. The standard InChI is InChI=1S/C15H18ClN3O/c1-4-13-14(17-11(3)16)19(10(2)15(20)18-13)12-8-6-5-7-9-12/h4-11H,1-3H3,(H,18,20)/b13-4+,17-14?. The van der Waals surface area contributed by atoms with E-state index in [9.17, 15) is 4.79 Å². The average molecular weight is 292 g/mol. The Morgan fingerprint density at radius 3 is 2.60 bits per heavy atom. The smallest absolute Gasteiger partial charge is 0.247 e. The Labute approximate surface area is 124 Å². The Kier molecular flexibility index (Phi) is 4.45. The number of amides is 1. The molecule has 0 saturated carbocycles. The fourth-order valence-corrected chi connectivity index (χ4v) is 2.25. The van der Waals surface area contributed by atoms with Crippen molar-refractivity contribution >= 4 is 29.0 Å². The molecule has 1 N–H and O–H groups in total. The molecule has 0 spiro atoms. The first kappa shape index (κ1) is 14.6. The zero-order valence-electron chi connectivity index (χ0n) is 11.8. The van der Waals surface area contributed by atoms with Gasteiger partial charge in [-0.2, -0.15) is 0 Å². The molecule has 5 heteroatoms. The van der Waals surface area contributed by atoms with E-state index in [0.717, 1.165) is 5.69 Å². The molecule has 0 aromatic heterocycles. The summed E-state index contributed by atoms with van der Waals surface area (Å²) >= 11 is 6.02. The van der Waals surface area contributed by atoms with Gasteiger partial charge in [0.1, 0.15) is 11.5 Å². The monoisotopic (exact) mass is 291 g/mol. The molecule has 1 amide bonds. The molecule has 1 heterocycles. The summed E-state index contributed by atoms with van der Waals surface area (Å²) in [6.45, 7) is 5.51. The predicted octanol–water partition coefficient (Wildman–Crippen LogP) is 2.90. The number of nitrogens with one attached hydrogen (secondary N) is 1. The van der Waals surface area contributed by atoms with Gasteiger partial charge in [-0.1, -0.05) is 35.9 Å². The van der Waals surface area contributed by atoms with Crippen LogP contribution in [0.3, 0.4) is 0 Å². The van der Waals surface area contributed by atoms with Crippen molar-refractivity contribution in [2.75, 3.05) is 4.90 Å². The predicted molar refractivity (Wildman–Crippen MR) is 83.0 cm³/mol. The number of carbonyl (C=O) groups is 1. The number of piperazine rings is 1. The quantitative estimate of drug-likeness (QED) is 0.673. The number of anilines is 1. The van der Waals surface area contributed by atoms with Gasteiger partial charge in [0.2, 0.25) is 5.91 Å². The minimum absolute atomic E-state index is 0.0527. The van der Waals surface area contributed by atoms with Crippen molar-refractivity contribution in [2.24, 2.45) is 4.99 Å². The first-order chi connectivity index (χ1) is 9.54. The van der Waals surface area contributed by atoms with Crippen LogP contribution in [0.2, 0.25) is 0 Å². The molecule has 2 unspecified atom stereocenters. The molecule has 106 valence electrons. The molecule has 0 aliphatic carbocycles. The van der Waals surface area contributed by atoms with E-state index < -0.39 is 0 Å². The van der Waals surface area contributed by atoms with E-state index in [-0.39, 0.29) is 17.5 Å². The summed E-state index contributed by atoms with van der Waals surface area (Å²) in [4.78, 5) is 18.5. The largest absolute Gasteiger partial charge is 0.321 e. The highest BCUT2D eigenvalue weighted by Crippen LogP contribution is 2.23. The number of benzene rings is 1. The highest BCUT2D eigenvalue weighted by atomic mass is 35.5. The lowest BCUT2D eigenvalue weighted by atomic mass is 10.1. The molecule has 2 atom stereocenters. The molecule has 1 fully saturated rings. The first-order valence-corrected chi connectivity index (χ1v) is 7.02. The second-order valence-corrected chi connectivity index (χ2v) is 5.23. The van der Waals surface area contributed by atoms with Crippen LogP contribution in [0.1, 0.15) is 20.8 Å². The Balaban J connectivity index is 2.54. The van der Waals surface area contributed by atoms with Crippen molar-refractivity contribution < 1.29 is 4.79 Å². The van der Waals surface area contributed by atoms with Crippen LogP contribution in [0, 0.1) is 0 Å². The molecule has 0 radical (unpaired) electrons. The summed E-state index contributed by atoms with van der Waals surface area (Å²) in [5.74, 6) is 0.636. The van der Waals surface area contributed by atoms with Gasteiger partial charge in [0.25, 0.3) is 0 Å². The van der Waals surface area contributed by atoms with Gasteiger partial charge in [0, 0.05) is 5.69 Å². The highest BCUT2D eigenvalue weighted by molar-refractivity contribution is 6.23. The maximum atomic E-state index is 12.1. The van der Waals surface area contributed by atoms with Crippen molar-refractivity contribution in [3.8, 4) is 0 Å². The van der Waals surface area contributed by atoms with Gasteiger partial charge in [0.05, 0.1) is 5.70 Å². The fourth-order valence-electron chi connectivity index (χ4n) is 2.16. The highest BCUT2D eigenvalue weighted by Gasteiger charge is 2.33. The minimum atomic E-state index is -0.367. The molecular formula is C15H18ClN3O. The van der Waals surface area contributed by atoms with Crippen molar-refractivity contribution in [1.82, 2.24) is 5.32 Å². The molecule has 1 aliphatic heterocycles. The van der Waals surface area contributed by atoms with Crippen LogP contribution in [0.25, 0.3) is 0 Å². The second kappa shape index (κ2) is 6.09. The van der Waals surface area contributed by atoms with Crippen LogP contribution in [0.4, 0.5) is 5.69 Å². The van der Waals surface area contributed by atoms with Gasteiger partial charge in [-0.25, -0.2) is 4.99 Å². The summed E-state index contributed by atoms with van der Waals surface area (Å²) in [6.07, 6.45) is 1.83. The number of para-hydroxylation sites is 1. The van der Waals surface area contributed by atoms with Gasteiger partial charge in [-0.15, -0.1) is 0 Å². The maximum Gasteiger partial charge on any atom is 0.247 e. The Bertz CT molecular complexity index is 551. The third-order valence-corrected chi connectivity index (χ3v) is 3.21. The molecule has 20 heavy (non-hydrogen) atoms. The van der Waals surface area contributed by atoms with Gasteiger partial charge >= 0.3 is 0 Å². The topological polar surface area (TPSA) is 44.7 Å². The lowest BCUT2D eigenvalue weighted by Gasteiger charge is -2.37. The summed E-state index contributed by atoms with van der Waals surface area (Å²) in [6, 6.07) is 9.39. The zero-order valence-corrected chi connectivity index (χ0v) is 12.6. The first-order valence-electron chi connectivity index (χ1n) is 6.58. The number of nitrogens with zero attached hydrogens (tertiary/aromatic N) is 2. The zero-order chi connectivity index (χ0) is 14.7. The molecule has 1 aromatic carbocycles. The van der Waals surface area contributed by atoms with E-state index in [2.05, 4.69) is 10.3 Å². The van der Waals surface area contributed by atoms with Crippen LogP contribution in [0.15, 0.2) is 47.1 Å². The van der Waals surface area contributed by atoms with Crippen molar-refractivity contribution in [3.63, 3.8) is 0 Å². The van der Waals surface area contributed by atoms with E-state index in [1.807, 2.05) is 55.2 Å². The number of amidine groups is 1. The van der Waals surface area contributed by atoms with Gasteiger partial charge < -0.3 is 10.2 Å². The summed E-state index contributed by atoms with van der Waals surface area (Å²) < 4.78 is 0. The second-order valence-electron chi connectivity index (χ2n) is 4.60. The van der Waals surface area contributed by atoms with Gasteiger partial charge in [0.15, 0.2) is 5.84 Å². The molecule has 2 rings (SSSR count). The molecule has 1 aliphatic rings. The van der Waals surface area contributed by atoms with Gasteiger partial charge in [-0.3, -0.25) is 4.79 Å². The van der Waals surface area contributed by atoms with Crippen LogP contribution >= 0.6 is 11.6 Å². The number of rotatable bonds is 2. The number of allylic oxidation sites excluding steroid dienone is 1. The number of alkyl halides is 1. The molecule has 1 aromatic rings. The number of hydrogen-bond acceptors (Lipinski definition) is 2. The van der Waals surface area contributed by atoms with Crippen molar-refractivity contribution in [2.45, 2.75) is 32.3 Å². The summed E-state index contributed by atoms with van der Waals surface area (Å²) in [5.41, 5.74) is 1.24. The van der Waals surface area contributed by atoms with E-state index in [0.29, 0.717) is 11.5 Å². The van der Waals surface area contributed by atoms with Crippen LogP contribution < -0.4 is 10.2 Å². The third kappa shape index (κ3) is 2.85. The van der Waals surface area contributed by atoms with Crippen LogP contribution in [-0.2, 0) is 4.79 Å². The third-order valence-electron chi connectivity index (χ3n) is 3.12. The average Bonchev–Trinajstić information content (AvgIpc) is 2.43. The molecular weight excluding hydrogens is 274 g/mol. The van der Waals surface area contributed by atoms with Crippen molar-refractivity contribution in [1.29, 1.82) is 0 Å². The Hall–Kier alpha value is -1.81. The lowest BCUT2D eigenvalue weighted by Crippen LogP contribution is -2.56. The summed E-state index contributed by atoms with van der Waals surface area (Å²) in [5, 5.41) is 2.86. The lowest BCUT2D eigenvalue weighted by molar-refractivity contribution is -0.121. The van der Waals surface area contributed by atoms with Gasteiger partial charge in [-0.05, 0) is 32.9 Å².